The van der Waals surface area contributed by atoms with Gasteiger partial charge in [-0.2, -0.15) is 0 Å². The molecule has 0 radical (unpaired) electrons. The Morgan fingerprint density at radius 3 is 3.08 bits per heavy atom. The maximum Gasteiger partial charge on any atom is 0.0938 e. The highest BCUT2D eigenvalue weighted by molar-refractivity contribution is 9.08. The second-order valence-corrected chi connectivity index (χ2v) is 3.43. The SMILES string of the molecule is Clc1ccc(CBr)c2nc[nH]c12. The molecular formula is C8H6BrClN2. The number of fused-ring (bicyclic) bond motifs is 1. The Labute approximate surface area is 83.1 Å². The fraction of sp³-hybridized carbons (Fsp3) is 0.125. The molecule has 2 aromatic rings. The van der Waals surface area contributed by atoms with Crippen LogP contribution in [0.15, 0.2) is 18.5 Å². The van der Waals surface area contributed by atoms with E-state index in [9.17, 15) is 0 Å². The van der Waals surface area contributed by atoms with E-state index in [1.165, 1.54) is 0 Å². The highest BCUT2D eigenvalue weighted by Gasteiger charge is 2.04. The molecule has 12 heavy (non-hydrogen) atoms. The first kappa shape index (κ1) is 8.08. The molecule has 4 heteroatoms. The fourth-order valence-corrected chi connectivity index (χ4v) is 1.82. The lowest BCUT2D eigenvalue weighted by Gasteiger charge is -1.97. The molecule has 0 bridgehead atoms. The largest absolute Gasteiger partial charge is 0.343 e. The van der Waals surface area contributed by atoms with Gasteiger partial charge in [0.2, 0.25) is 0 Å². The highest BCUT2D eigenvalue weighted by atomic mass is 79.9. The van der Waals surface area contributed by atoms with Crippen molar-refractivity contribution in [3.8, 4) is 0 Å². The van der Waals surface area contributed by atoms with Crippen molar-refractivity contribution >= 4 is 38.6 Å². The van der Waals surface area contributed by atoms with E-state index in [1.54, 1.807) is 6.33 Å². The van der Waals surface area contributed by atoms with E-state index in [4.69, 9.17) is 11.6 Å². The van der Waals surface area contributed by atoms with E-state index in [1.807, 2.05) is 12.1 Å². The van der Waals surface area contributed by atoms with E-state index in [0.717, 1.165) is 21.9 Å². The van der Waals surface area contributed by atoms with Gasteiger partial charge in [0.05, 0.1) is 22.4 Å². The van der Waals surface area contributed by atoms with Crippen molar-refractivity contribution in [3.63, 3.8) is 0 Å². The molecular weight excluding hydrogens is 239 g/mol. The molecule has 62 valence electrons. The number of hydrogen-bond acceptors (Lipinski definition) is 1. The van der Waals surface area contributed by atoms with Gasteiger partial charge in [0.25, 0.3) is 0 Å². The Morgan fingerprint density at radius 2 is 2.33 bits per heavy atom. The van der Waals surface area contributed by atoms with Gasteiger partial charge < -0.3 is 4.98 Å². The average Bonchev–Trinajstić information content (AvgIpc) is 2.54. The number of alkyl halides is 1. The summed E-state index contributed by atoms with van der Waals surface area (Å²) in [5.41, 5.74) is 3.00. The molecule has 2 rings (SSSR count). The summed E-state index contributed by atoms with van der Waals surface area (Å²) in [5.74, 6) is 0. The van der Waals surface area contributed by atoms with E-state index < -0.39 is 0 Å². The Morgan fingerprint density at radius 1 is 1.50 bits per heavy atom. The zero-order chi connectivity index (χ0) is 8.55. The van der Waals surface area contributed by atoms with E-state index in [-0.39, 0.29) is 0 Å². The van der Waals surface area contributed by atoms with E-state index in [2.05, 4.69) is 25.9 Å². The van der Waals surface area contributed by atoms with Gasteiger partial charge in [-0.15, -0.1) is 0 Å². The number of aromatic nitrogens is 2. The zero-order valence-corrected chi connectivity index (χ0v) is 8.48. The minimum absolute atomic E-state index is 0.715. The van der Waals surface area contributed by atoms with Gasteiger partial charge in [0.15, 0.2) is 0 Å². The van der Waals surface area contributed by atoms with Crippen LogP contribution in [0.3, 0.4) is 0 Å². The summed E-state index contributed by atoms with van der Waals surface area (Å²) >= 11 is 9.33. The Hall–Kier alpha value is -0.540. The van der Waals surface area contributed by atoms with Gasteiger partial charge >= 0.3 is 0 Å². The standard InChI is InChI=1S/C8H6BrClN2/c9-3-5-1-2-6(10)8-7(5)11-4-12-8/h1-2,4H,3H2,(H,11,12). The monoisotopic (exact) mass is 244 g/mol. The molecule has 0 spiro atoms. The molecule has 0 aliphatic carbocycles. The van der Waals surface area contributed by atoms with Crippen LogP contribution < -0.4 is 0 Å². The van der Waals surface area contributed by atoms with Gasteiger partial charge in [0.1, 0.15) is 0 Å². The first-order valence-corrected chi connectivity index (χ1v) is 4.99. The van der Waals surface area contributed by atoms with Crippen molar-refractivity contribution in [2.45, 2.75) is 5.33 Å². The molecule has 1 aromatic heterocycles. The van der Waals surface area contributed by atoms with Crippen LogP contribution in [0.4, 0.5) is 0 Å². The molecule has 0 saturated heterocycles. The van der Waals surface area contributed by atoms with Gasteiger partial charge in [-0.25, -0.2) is 4.98 Å². The quantitative estimate of drug-likeness (QED) is 0.769. The van der Waals surface area contributed by atoms with Crippen molar-refractivity contribution in [2.75, 3.05) is 0 Å². The third-order valence-corrected chi connectivity index (χ3v) is 2.68. The van der Waals surface area contributed by atoms with Gasteiger partial charge in [0, 0.05) is 5.33 Å². The molecule has 0 fully saturated rings. The Bertz CT molecular complexity index is 410. The molecule has 0 saturated carbocycles. The van der Waals surface area contributed by atoms with Gasteiger partial charge in [-0.1, -0.05) is 33.6 Å². The number of nitrogens with one attached hydrogen (secondary N) is 1. The maximum absolute atomic E-state index is 5.94. The number of nitrogens with zero attached hydrogens (tertiary/aromatic N) is 1. The minimum atomic E-state index is 0.715. The van der Waals surface area contributed by atoms with Crippen molar-refractivity contribution < 1.29 is 0 Å². The predicted molar refractivity (Wildman–Crippen MR) is 53.7 cm³/mol. The normalized spacial score (nSPS) is 10.8. The summed E-state index contributed by atoms with van der Waals surface area (Å²) in [6, 6.07) is 3.85. The third-order valence-electron chi connectivity index (χ3n) is 1.76. The minimum Gasteiger partial charge on any atom is -0.343 e. The summed E-state index contributed by atoms with van der Waals surface area (Å²) in [6.07, 6.45) is 1.66. The molecule has 1 aromatic carbocycles. The Balaban J connectivity index is 2.82. The molecule has 2 nitrogen and oxygen atoms in total. The second-order valence-electron chi connectivity index (χ2n) is 2.47. The zero-order valence-electron chi connectivity index (χ0n) is 6.14. The number of hydrogen-bond donors (Lipinski definition) is 1. The summed E-state index contributed by atoms with van der Waals surface area (Å²) in [6.45, 7) is 0. The fourth-order valence-electron chi connectivity index (χ4n) is 1.16. The first-order chi connectivity index (χ1) is 5.83. The second kappa shape index (κ2) is 3.07. The number of H-pyrrole nitrogens is 1. The molecule has 1 N–H and O–H groups in total. The van der Waals surface area contributed by atoms with E-state index >= 15 is 0 Å². The third kappa shape index (κ3) is 1.13. The smallest absolute Gasteiger partial charge is 0.0938 e. The number of benzene rings is 1. The summed E-state index contributed by atoms with van der Waals surface area (Å²) in [7, 11) is 0. The number of aromatic amines is 1. The van der Waals surface area contributed by atoms with Crippen LogP contribution in [0.5, 0.6) is 0 Å². The van der Waals surface area contributed by atoms with Crippen molar-refractivity contribution in [1.29, 1.82) is 0 Å². The maximum atomic E-state index is 5.94. The van der Waals surface area contributed by atoms with Crippen LogP contribution >= 0.6 is 27.5 Å². The van der Waals surface area contributed by atoms with Crippen LogP contribution in [0, 0.1) is 0 Å². The molecule has 0 atom stereocenters. The van der Waals surface area contributed by atoms with Crippen LogP contribution in [-0.2, 0) is 5.33 Å². The number of rotatable bonds is 1. The van der Waals surface area contributed by atoms with Crippen LogP contribution in [0.25, 0.3) is 11.0 Å². The number of imidazole rings is 1. The molecule has 1 heterocycles. The molecule has 0 aliphatic rings. The summed E-state index contributed by atoms with van der Waals surface area (Å²) in [5, 5.41) is 1.51. The van der Waals surface area contributed by atoms with Crippen molar-refractivity contribution in [2.24, 2.45) is 0 Å². The van der Waals surface area contributed by atoms with Crippen molar-refractivity contribution in [3.05, 3.63) is 29.0 Å². The summed E-state index contributed by atoms with van der Waals surface area (Å²) in [4.78, 5) is 7.18. The molecule has 0 unspecified atom stereocenters. The lowest BCUT2D eigenvalue weighted by molar-refractivity contribution is 1.33. The van der Waals surface area contributed by atoms with Gasteiger partial charge in [-0.3, -0.25) is 0 Å². The summed E-state index contributed by atoms with van der Waals surface area (Å²) < 4.78 is 0. The van der Waals surface area contributed by atoms with Crippen LogP contribution in [0.2, 0.25) is 5.02 Å². The topological polar surface area (TPSA) is 28.7 Å². The first-order valence-electron chi connectivity index (χ1n) is 3.49. The average molecular weight is 246 g/mol. The lowest BCUT2D eigenvalue weighted by atomic mass is 10.2. The van der Waals surface area contributed by atoms with Crippen LogP contribution in [0.1, 0.15) is 5.56 Å². The van der Waals surface area contributed by atoms with Crippen LogP contribution in [-0.4, -0.2) is 9.97 Å². The Kier molecular flexibility index (Phi) is 2.07. The van der Waals surface area contributed by atoms with E-state index in [0.29, 0.717) is 5.02 Å². The predicted octanol–water partition coefficient (Wildman–Crippen LogP) is 3.11. The molecule has 0 amide bonds. The van der Waals surface area contributed by atoms with Gasteiger partial charge in [-0.05, 0) is 11.6 Å². The van der Waals surface area contributed by atoms with Crippen molar-refractivity contribution in [1.82, 2.24) is 9.97 Å². The molecule has 0 aliphatic heterocycles. The lowest BCUT2D eigenvalue weighted by Crippen LogP contribution is -1.80. The highest BCUT2D eigenvalue weighted by Crippen LogP contribution is 2.24. The number of halogens is 2.